The molecule has 7 heterocycles. The molecule has 1 aliphatic heterocycles. The minimum atomic E-state index is 0.670. The highest BCUT2D eigenvalue weighted by molar-refractivity contribution is 5.97. The van der Waals surface area contributed by atoms with Crippen molar-refractivity contribution in [2.75, 3.05) is 13.1 Å². The molecule has 1 saturated heterocycles. The van der Waals surface area contributed by atoms with Gasteiger partial charge in [-0.15, -0.1) is 0 Å². The van der Waals surface area contributed by atoms with E-state index in [1.54, 1.807) is 24.9 Å². The van der Waals surface area contributed by atoms with Crippen molar-refractivity contribution in [2.45, 2.75) is 25.8 Å². The van der Waals surface area contributed by atoms with Crippen molar-refractivity contribution in [3.8, 4) is 33.9 Å². The van der Waals surface area contributed by atoms with E-state index in [0.29, 0.717) is 5.82 Å². The number of H-pyrrole nitrogens is 2. The molecule has 0 saturated carbocycles. The van der Waals surface area contributed by atoms with Gasteiger partial charge in [0.05, 0.1) is 41.6 Å². The highest BCUT2D eigenvalue weighted by atomic mass is 16.3. The third-order valence-corrected chi connectivity index (χ3v) is 6.84. The summed E-state index contributed by atoms with van der Waals surface area (Å²) < 4.78 is 5.26. The van der Waals surface area contributed by atoms with Gasteiger partial charge in [-0.05, 0) is 49.7 Å². The summed E-state index contributed by atoms with van der Waals surface area (Å²) >= 11 is 0. The van der Waals surface area contributed by atoms with Gasteiger partial charge < -0.3 is 9.40 Å². The van der Waals surface area contributed by atoms with Gasteiger partial charge >= 0.3 is 0 Å². The molecule has 178 valence electrons. The fourth-order valence-electron chi connectivity index (χ4n) is 5.02. The molecule has 6 aromatic heterocycles. The fraction of sp³-hybridized carbons (Fsp3) is 0.222. The third kappa shape index (κ3) is 3.74. The Balaban J connectivity index is 1.26. The van der Waals surface area contributed by atoms with Gasteiger partial charge in [0.2, 0.25) is 0 Å². The lowest BCUT2D eigenvalue weighted by Crippen LogP contribution is -2.29. The van der Waals surface area contributed by atoms with Crippen molar-refractivity contribution in [3.63, 3.8) is 0 Å². The number of piperidine rings is 1. The Hall–Kier alpha value is -4.37. The molecule has 0 atom stereocenters. The van der Waals surface area contributed by atoms with Crippen LogP contribution in [-0.4, -0.2) is 53.1 Å². The first-order valence-corrected chi connectivity index (χ1v) is 12.2. The minimum absolute atomic E-state index is 0.670. The fourth-order valence-corrected chi connectivity index (χ4v) is 5.02. The Morgan fingerprint density at radius 3 is 2.72 bits per heavy atom. The number of furan rings is 1. The molecule has 1 aliphatic rings. The average Bonchev–Trinajstić information content (AvgIpc) is 3.68. The molecule has 0 radical (unpaired) electrons. The van der Waals surface area contributed by atoms with Crippen molar-refractivity contribution in [3.05, 3.63) is 67.3 Å². The van der Waals surface area contributed by atoms with Crippen molar-refractivity contribution < 1.29 is 4.42 Å². The van der Waals surface area contributed by atoms with E-state index in [1.807, 2.05) is 24.7 Å². The molecule has 6 aromatic rings. The van der Waals surface area contributed by atoms with Gasteiger partial charge in [0.1, 0.15) is 11.2 Å². The summed E-state index contributed by atoms with van der Waals surface area (Å²) in [5.74, 6) is 0.670. The largest absolute Gasteiger partial charge is 0.472 e. The van der Waals surface area contributed by atoms with Crippen LogP contribution in [-0.2, 0) is 6.54 Å². The molecule has 9 heteroatoms. The van der Waals surface area contributed by atoms with Crippen LogP contribution in [0.5, 0.6) is 0 Å². The smallest absolute Gasteiger partial charge is 0.159 e. The maximum atomic E-state index is 5.26. The van der Waals surface area contributed by atoms with Crippen LogP contribution < -0.4 is 0 Å². The lowest BCUT2D eigenvalue weighted by molar-refractivity contribution is 0.220. The highest BCUT2D eigenvalue weighted by Gasteiger charge is 2.17. The number of nitrogens with one attached hydrogen (secondary N) is 2. The van der Waals surface area contributed by atoms with Crippen molar-refractivity contribution in [2.24, 2.45) is 0 Å². The summed E-state index contributed by atoms with van der Waals surface area (Å²) in [4.78, 5) is 24.3. The first-order valence-electron chi connectivity index (χ1n) is 12.2. The second kappa shape index (κ2) is 8.69. The number of rotatable bonds is 5. The Bertz CT molecular complexity index is 1660. The first kappa shape index (κ1) is 21.0. The predicted octanol–water partition coefficient (Wildman–Crippen LogP) is 5.20. The van der Waals surface area contributed by atoms with E-state index in [9.17, 15) is 0 Å². The van der Waals surface area contributed by atoms with Crippen molar-refractivity contribution in [1.82, 2.24) is 40.0 Å². The lowest BCUT2D eigenvalue weighted by atomic mass is 10.1. The number of aromatic amines is 2. The van der Waals surface area contributed by atoms with Crippen LogP contribution in [0.2, 0.25) is 0 Å². The van der Waals surface area contributed by atoms with Gasteiger partial charge in [-0.25, -0.2) is 4.98 Å². The molecule has 7 rings (SSSR count). The van der Waals surface area contributed by atoms with Crippen LogP contribution in [0, 0.1) is 0 Å². The summed E-state index contributed by atoms with van der Waals surface area (Å²) in [7, 11) is 0. The number of likely N-dealkylation sites (tertiary alicyclic amines) is 1. The summed E-state index contributed by atoms with van der Waals surface area (Å²) in [6, 6.07) is 6.15. The molecule has 9 nitrogen and oxygen atoms in total. The molecule has 0 unspecified atom stereocenters. The van der Waals surface area contributed by atoms with Gasteiger partial charge in [0.25, 0.3) is 0 Å². The van der Waals surface area contributed by atoms with Crippen LogP contribution in [0.15, 0.2) is 66.1 Å². The van der Waals surface area contributed by atoms with E-state index in [0.717, 1.165) is 69.6 Å². The zero-order chi connectivity index (χ0) is 23.9. The SMILES string of the molecule is c1cc(-c2cncc3[nH]c(-c4n[nH]c5cnc(-c6cncc(CN7CCCCC7)c6)cc45)nc23)co1. The molecule has 1 fully saturated rings. The quantitative estimate of drug-likeness (QED) is 0.351. The summed E-state index contributed by atoms with van der Waals surface area (Å²) in [5, 5.41) is 8.60. The first-order chi connectivity index (χ1) is 17.8. The van der Waals surface area contributed by atoms with Crippen LogP contribution in [0.25, 0.3) is 55.8 Å². The summed E-state index contributed by atoms with van der Waals surface area (Å²) in [6.45, 7) is 3.23. The van der Waals surface area contributed by atoms with E-state index >= 15 is 0 Å². The van der Waals surface area contributed by atoms with Crippen LogP contribution in [0.4, 0.5) is 0 Å². The second-order valence-corrected chi connectivity index (χ2v) is 9.29. The molecular weight excluding hydrogens is 452 g/mol. The van der Waals surface area contributed by atoms with Gasteiger partial charge in [-0.3, -0.25) is 25.0 Å². The number of hydrogen-bond acceptors (Lipinski definition) is 7. The topological polar surface area (TPSA) is 112 Å². The molecular formula is C27H24N8O. The standard InChI is InChI=1S/C27H24N8O/c1-2-5-35(6-3-1)15-17-8-19(11-28-10-17)22-9-20-23(14-30-22)33-34-26(20)27-31-24-13-29-12-21(25(24)32-27)18-4-7-36-16-18/h4,7-14,16H,1-3,5-6,15H2,(H,31,32)(H,33,34). The summed E-state index contributed by atoms with van der Waals surface area (Å²) in [6.07, 6.45) is 16.4. The van der Waals surface area contributed by atoms with Crippen molar-refractivity contribution in [1.29, 1.82) is 0 Å². The average molecular weight is 477 g/mol. The zero-order valence-corrected chi connectivity index (χ0v) is 19.6. The van der Waals surface area contributed by atoms with Crippen LogP contribution >= 0.6 is 0 Å². The monoisotopic (exact) mass is 476 g/mol. The third-order valence-electron chi connectivity index (χ3n) is 6.84. The van der Waals surface area contributed by atoms with E-state index in [2.05, 4.69) is 47.2 Å². The van der Waals surface area contributed by atoms with E-state index in [-0.39, 0.29) is 0 Å². The number of imidazole rings is 1. The molecule has 0 aliphatic carbocycles. The number of aromatic nitrogens is 7. The van der Waals surface area contributed by atoms with Crippen LogP contribution in [0.3, 0.4) is 0 Å². The normalized spacial score (nSPS) is 14.7. The predicted molar refractivity (Wildman–Crippen MR) is 137 cm³/mol. The second-order valence-electron chi connectivity index (χ2n) is 9.29. The van der Waals surface area contributed by atoms with E-state index in [1.165, 1.54) is 24.8 Å². The van der Waals surface area contributed by atoms with Gasteiger partial charge in [0.15, 0.2) is 5.82 Å². The number of pyridine rings is 3. The Labute approximate surface area is 206 Å². The Morgan fingerprint density at radius 1 is 0.917 bits per heavy atom. The number of fused-ring (bicyclic) bond motifs is 2. The van der Waals surface area contributed by atoms with Gasteiger partial charge in [-0.2, -0.15) is 5.10 Å². The Kier molecular flexibility index (Phi) is 5.06. The molecule has 0 aromatic carbocycles. The summed E-state index contributed by atoms with van der Waals surface area (Å²) in [5.41, 5.74) is 8.14. The Morgan fingerprint density at radius 2 is 1.83 bits per heavy atom. The molecule has 36 heavy (non-hydrogen) atoms. The van der Waals surface area contributed by atoms with Gasteiger partial charge in [0, 0.05) is 47.2 Å². The van der Waals surface area contributed by atoms with E-state index < -0.39 is 0 Å². The van der Waals surface area contributed by atoms with Crippen LogP contribution in [0.1, 0.15) is 24.8 Å². The lowest BCUT2D eigenvalue weighted by Gasteiger charge is -2.26. The molecule has 0 amide bonds. The maximum Gasteiger partial charge on any atom is 0.159 e. The molecule has 0 bridgehead atoms. The van der Waals surface area contributed by atoms with Gasteiger partial charge in [-0.1, -0.05) is 6.42 Å². The number of nitrogens with zero attached hydrogens (tertiary/aromatic N) is 6. The minimum Gasteiger partial charge on any atom is -0.472 e. The zero-order valence-electron chi connectivity index (χ0n) is 19.6. The maximum absolute atomic E-state index is 5.26. The van der Waals surface area contributed by atoms with Crippen molar-refractivity contribution >= 4 is 21.9 Å². The van der Waals surface area contributed by atoms with E-state index in [4.69, 9.17) is 9.40 Å². The number of hydrogen-bond donors (Lipinski definition) is 2. The molecule has 0 spiro atoms. The highest BCUT2D eigenvalue weighted by Crippen LogP contribution is 2.32. The molecule has 2 N–H and O–H groups in total.